The van der Waals surface area contributed by atoms with Gasteiger partial charge in [0.05, 0.1) is 30.0 Å². The fourth-order valence-electron chi connectivity index (χ4n) is 6.07. The van der Waals surface area contributed by atoms with Gasteiger partial charge < -0.3 is 14.4 Å². The number of benzene rings is 1. The summed E-state index contributed by atoms with van der Waals surface area (Å²) < 4.78 is 40.4. The van der Waals surface area contributed by atoms with Crippen molar-refractivity contribution in [2.24, 2.45) is 0 Å². The quantitative estimate of drug-likeness (QED) is 0.659. The maximum Gasteiger partial charge on any atom is 0.260 e. The standard InChI is InChI=1S/C23H32N2O5S/c26-22-16-30-20-6-2-1-5-19(20)17-7-9-18(10-8-17)29-15-21-23(11-3-13-25(21)22)12-4-14-31(27,28)24-23/h1-2,5-6,17-18,21,24H,3-4,7-16H2/t17?,18?,21-,23+/m1/s1. The molecule has 2 atom stereocenters. The highest BCUT2D eigenvalue weighted by atomic mass is 32.2. The summed E-state index contributed by atoms with van der Waals surface area (Å²) >= 11 is 0. The Bertz CT molecular complexity index is 924. The van der Waals surface area contributed by atoms with E-state index in [0.717, 1.165) is 50.7 Å². The molecule has 0 aromatic heterocycles. The molecular weight excluding hydrogens is 416 g/mol. The van der Waals surface area contributed by atoms with Crippen LogP contribution in [0.4, 0.5) is 0 Å². The van der Waals surface area contributed by atoms with Gasteiger partial charge in [0.15, 0.2) is 6.61 Å². The van der Waals surface area contributed by atoms with Crippen molar-refractivity contribution in [2.75, 3.05) is 25.5 Å². The molecule has 1 spiro atoms. The molecule has 31 heavy (non-hydrogen) atoms. The van der Waals surface area contributed by atoms with Crippen molar-refractivity contribution < 1.29 is 22.7 Å². The molecule has 1 N–H and O–H groups in total. The summed E-state index contributed by atoms with van der Waals surface area (Å²) in [7, 11) is -3.34. The van der Waals surface area contributed by atoms with Gasteiger partial charge in [0.25, 0.3) is 5.91 Å². The zero-order valence-electron chi connectivity index (χ0n) is 17.9. The molecule has 8 heteroatoms. The van der Waals surface area contributed by atoms with E-state index in [4.69, 9.17) is 9.47 Å². The molecule has 4 heterocycles. The number of nitrogens with zero attached hydrogens (tertiary/aromatic N) is 1. The van der Waals surface area contributed by atoms with Crippen LogP contribution in [0.5, 0.6) is 5.75 Å². The summed E-state index contributed by atoms with van der Waals surface area (Å²) in [6, 6.07) is 7.74. The monoisotopic (exact) mass is 448 g/mol. The summed E-state index contributed by atoms with van der Waals surface area (Å²) in [6.45, 7) is 0.942. The van der Waals surface area contributed by atoms with Crippen LogP contribution in [0.2, 0.25) is 0 Å². The summed E-state index contributed by atoms with van der Waals surface area (Å²) in [4.78, 5) is 15.1. The summed E-state index contributed by atoms with van der Waals surface area (Å²) in [5.41, 5.74) is 0.542. The second-order valence-electron chi connectivity index (χ2n) is 9.52. The van der Waals surface area contributed by atoms with E-state index in [1.165, 1.54) is 5.56 Å². The molecular formula is C23H32N2O5S. The first kappa shape index (κ1) is 21.2. The van der Waals surface area contributed by atoms with Crippen LogP contribution in [0.25, 0.3) is 0 Å². The molecule has 0 radical (unpaired) electrons. The van der Waals surface area contributed by atoms with Crippen LogP contribution >= 0.6 is 0 Å². The van der Waals surface area contributed by atoms with E-state index in [1.807, 2.05) is 23.1 Å². The zero-order valence-corrected chi connectivity index (χ0v) is 18.7. The van der Waals surface area contributed by atoms with Crippen molar-refractivity contribution in [3.8, 4) is 5.75 Å². The lowest BCUT2D eigenvalue weighted by atomic mass is 9.78. The maximum absolute atomic E-state index is 13.3. The zero-order chi connectivity index (χ0) is 21.5. The Morgan fingerprint density at radius 1 is 1.06 bits per heavy atom. The highest BCUT2D eigenvalue weighted by molar-refractivity contribution is 7.89. The molecule has 170 valence electrons. The largest absolute Gasteiger partial charge is 0.483 e. The Labute approximate surface area is 184 Å². The smallest absolute Gasteiger partial charge is 0.260 e. The van der Waals surface area contributed by atoms with Gasteiger partial charge in [-0.15, -0.1) is 0 Å². The Kier molecular flexibility index (Phi) is 5.73. The van der Waals surface area contributed by atoms with E-state index in [0.29, 0.717) is 25.5 Å². The van der Waals surface area contributed by atoms with E-state index in [2.05, 4.69) is 10.8 Å². The molecule has 4 aliphatic heterocycles. The first-order valence-electron chi connectivity index (χ1n) is 11.6. The van der Waals surface area contributed by atoms with Gasteiger partial charge in [0, 0.05) is 6.54 Å². The number of nitrogens with one attached hydrogen (secondary N) is 1. The first-order valence-corrected chi connectivity index (χ1v) is 13.3. The number of para-hydroxylation sites is 1. The average molecular weight is 449 g/mol. The number of carbonyl (C=O) groups excluding carboxylic acids is 1. The molecule has 2 saturated heterocycles. The lowest BCUT2D eigenvalue weighted by molar-refractivity contribution is -0.144. The number of rotatable bonds is 0. The minimum Gasteiger partial charge on any atom is -0.483 e. The fraction of sp³-hybridized carbons (Fsp3) is 0.696. The third kappa shape index (κ3) is 4.22. The molecule has 1 saturated carbocycles. The first-order chi connectivity index (χ1) is 15.0. The van der Waals surface area contributed by atoms with Gasteiger partial charge in [-0.05, 0) is 68.9 Å². The molecule has 1 aromatic rings. The van der Waals surface area contributed by atoms with Crippen molar-refractivity contribution in [3.05, 3.63) is 29.8 Å². The molecule has 1 aromatic carbocycles. The number of amides is 1. The van der Waals surface area contributed by atoms with Gasteiger partial charge in [-0.1, -0.05) is 18.2 Å². The van der Waals surface area contributed by atoms with Crippen LogP contribution in [-0.4, -0.2) is 62.4 Å². The molecule has 0 unspecified atom stereocenters. The average Bonchev–Trinajstić information content (AvgIpc) is 2.77. The third-order valence-corrected chi connectivity index (χ3v) is 9.17. The number of hydrogen-bond acceptors (Lipinski definition) is 5. The SMILES string of the molecule is O=C1COc2ccccc2C2CCC(CC2)OC[C@H]2N1CCC[C@]21CCCS(=O)(=O)N1. The van der Waals surface area contributed by atoms with Crippen molar-refractivity contribution in [1.82, 2.24) is 9.62 Å². The van der Waals surface area contributed by atoms with Crippen LogP contribution in [0.3, 0.4) is 0 Å². The number of fused-ring (bicyclic) bond motifs is 5. The van der Waals surface area contributed by atoms with Crippen LogP contribution < -0.4 is 9.46 Å². The van der Waals surface area contributed by atoms with Gasteiger partial charge in [-0.2, -0.15) is 0 Å². The predicted molar refractivity (Wildman–Crippen MR) is 117 cm³/mol. The third-order valence-electron chi connectivity index (χ3n) is 7.63. The number of piperidine rings is 1. The molecule has 2 bridgehead atoms. The van der Waals surface area contributed by atoms with Crippen molar-refractivity contribution in [3.63, 3.8) is 0 Å². The highest BCUT2D eigenvalue weighted by Gasteiger charge is 2.50. The van der Waals surface area contributed by atoms with Gasteiger partial charge >= 0.3 is 0 Å². The van der Waals surface area contributed by atoms with Gasteiger partial charge in [0.2, 0.25) is 10.0 Å². The second kappa shape index (κ2) is 8.37. The number of sulfonamides is 1. The topological polar surface area (TPSA) is 84.9 Å². The molecule has 6 rings (SSSR count). The van der Waals surface area contributed by atoms with E-state index in [-0.39, 0.29) is 30.4 Å². The van der Waals surface area contributed by atoms with Gasteiger partial charge in [-0.25, -0.2) is 13.1 Å². The summed E-state index contributed by atoms with van der Waals surface area (Å²) in [6.07, 6.45) is 7.02. The molecule has 3 fully saturated rings. The summed E-state index contributed by atoms with van der Waals surface area (Å²) in [5.74, 6) is 1.27. The minimum absolute atomic E-state index is 0.0352. The molecule has 1 amide bonds. The van der Waals surface area contributed by atoms with Crippen LogP contribution in [0.15, 0.2) is 24.3 Å². The fourth-order valence-corrected chi connectivity index (χ4v) is 7.66. The molecule has 5 aliphatic rings. The van der Waals surface area contributed by atoms with E-state index in [1.54, 1.807) is 0 Å². The summed E-state index contributed by atoms with van der Waals surface area (Å²) in [5, 5.41) is 0. The highest BCUT2D eigenvalue weighted by Crippen LogP contribution is 2.40. The Balaban J connectivity index is 1.47. The second-order valence-corrected chi connectivity index (χ2v) is 11.4. The number of carbonyl (C=O) groups is 1. The van der Waals surface area contributed by atoms with Gasteiger partial charge in [0.1, 0.15) is 5.75 Å². The lowest BCUT2D eigenvalue weighted by Crippen LogP contribution is -2.69. The van der Waals surface area contributed by atoms with Crippen molar-refractivity contribution in [2.45, 2.75) is 75.0 Å². The van der Waals surface area contributed by atoms with E-state index < -0.39 is 15.6 Å². The van der Waals surface area contributed by atoms with Gasteiger partial charge in [-0.3, -0.25) is 4.79 Å². The van der Waals surface area contributed by atoms with E-state index >= 15 is 0 Å². The maximum atomic E-state index is 13.3. The number of hydrogen-bond donors (Lipinski definition) is 1. The Morgan fingerprint density at radius 3 is 2.65 bits per heavy atom. The van der Waals surface area contributed by atoms with Crippen molar-refractivity contribution >= 4 is 15.9 Å². The van der Waals surface area contributed by atoms with Crippen molar-refractivity contribution in [1.29, 1.82) is 0 Å². The Hall–Kier alpha value is -1.64. The van der Waals surface area contributed by atoms with E-state index in [9.17, 15) is 13.2 Å². The molecule has 7 nitrogen and oxygen atoms in total. The van der Waals surface area contributed by atoms with Crippen LogP contribution in [-0.2, 0) is 19.6 Å². The number of ether oxygens (including phenoxy) is 2. The van der Waals surface area contributed by atoms with Crippen LogP contribution in [0.1, 0.15) is 62.8 Å². The predicted octanol–water partition coefficient (Wildman–Crippen LogP) is 2.56. The lowest BCUT2D eigenvalue weighted by Gasteiger charge is -2.51. The molecule has 1 aliphatic carbocycles. The Morgan fingerprint density at radius 2 is 1.84 bits per heavy atom. The van der Waals surface area contributed by atoms with Crippen LogP contribution in [0, 0.1) is 0 Å². The minimum atomic E-state index is -3.34. The normalized spacial score (nSPS) is 35.8.